The van der Waals surface area contributed by atoms with E-state index in [2.05, 4.69) is 9.71 Å². The first-order chi connectivity index (χ1) is 15.5. The molecular formula is C21H23N3O5S3. The van der Waals surface area contributed by atoms with Gasteiger partial charge in [0.05, 0.1) is 36.8 Å². The molecule has 0 fully saturated rings. The van der Waals surface area contributed by atoms with Crippen molar-refractivity contribution in [1.29, 1.82) is 0 Å². The Morgan fingerprint density at radius 2 is 2.12 bits per heavy atom. The van der Waals surface area contributed by atoms with Crippen LogP contribution in [0, 0.1) is 0 Å². The van der Waals surface area contributed by atoms with E-state index in [0.717, 1.165) is 16.6 Å². The van der Waals surface area contributed by atoms with Crippen LogP contribution in [-0.2, 0) is 20.4 Å². The van der Waals surface area contributed by atoms with Crippen LogP contribution in [0.5, 0.6) is 0 Å². The molecule has 0 bridgehead atoms. The van der Waals surface area contributed by atoms with Crippen molar-refractivity contribution in [1.82, 2.24) is 9.55 Å². The summed E-state index contributed by atoms with van der Waals surface area (Å²) < 4.78 is 33.2. The van der Waals surface area contributed by atoms with E-state index in [9.17, 15) is 9.35 Å². The highest BCUT2D eigenvalue weighted by Gasteiger charge is 2.24. The van der Waals surface area contributed by atoms with Gasteiger partial charge in [-0.25, -0.2) is 9.78 Å². The van der Waals surface area contributed by atoms with Crippen molar-refractivity contribution < 1.29 is 23.0 Å². The van der Waals surface area contributed by atoms with Crippen molar-refractivity contribution in [3.63, 3.8) is 0 Å². The van der Waals surface area contributed by atoms with Gasteiger partial charge in [0.1, 0.15) is 20.8 Å². The van der Waals surface area contributed by atoms with Crippen molar-refractivity contribution in [3.05, 3.63) is 52.9 Å². The van der Waals surface area contributed by atoms with E-state index in [4.69, 9.17) is 13.7 Å². The van der Waals surface area contributed by atoms with E-state index < -0.39 is 16.7 Å². The molecule has 32 heavy (non-hydrogen) atoms. The Morgan fingerprint density at radius 3 is 2.81 bits per heavy atom. The zero-order valence-electron chi connectivity index (χ0n) is 17.7. The quantitative estimate of drug-likeness (QED) is 0.283. The number of fused-ring (bicyclic) bond motifs is 1. The summed E-state index contributed by atoms with van der Waals surface area (Å²) in [5, 5.41) is 3.49. The van der Waals surface area contributed by atoms with E-state index in [1.807, 2.05) is 46.3 Å². The zero-order valence-corrected chi connectivity index (χ0v) is 20.2. The highest BCUT2D eigenvalue weighted by Crippen LogP contribution is 2.55. The molecule has 4 rings (SSSR count). The minimum atomic E-state index is -2.72. The van der Waals surface area contributed by atoms with Crippen LogP contribution in [0.25, 0.3) is 21.6 Å². The predicted octanol–water partition coefficient (Wildman–Crippen LogP) is 5.83. The molecule has 1 aromatic carbocycles. The van der Waals surface area contributed by atoms with Crippen molar-refractivity contribution in [2.75, 3.05) is 25.5 Å². The molecule has 1 unspecified atom stereocenters. The number of para-hydroxylation sites is 1. The monoisotopic (exact) mass is 493 g/mol. The van der Waals surface area contributed by atoms with Crippen molar-refractivity contribution in [3.8, 4) is 10.7 Å². The number of ether oxygens (including phenoxy) is 2. The molecule has 0 saturated heterocycles. The summed E-state index contributed by atoms with van der Waals surface area (Å²) in [7, 11) is 0.374. The summed E-state index contributed by atoms with van der Waals surface area (Å²) in [6.07, 6.45) is 1.52. The highest BCUT2D eigenvalue weighted by molar-refractivity contribution is 8.27. The summed E-state index contributed by atoms with van der Waals surface area (Å²) >= 11 is 2.68. The first kappa shape index (κ1) is 22.8. The lowest BCUT2D eigenvalue weighted by atomic mass is 10.2. The number of rotatable bonds is 9. The molecule has 3 heterocycles. The van der Waals surface area contributed by atoms with Gasteiger partial charge in [-0.15, -0.1) is 22.7 Å². The second-order valence-electron chi connectivity index (χ2n) is 6.60. The van der Waals surface area contributed by atoms with Crippen LogP contribution in [-0.4, -0.2) is 40.9 Å². The number of thiazole rings is 1. The van der Waals surface area contributed by atoms with Crippen molar-refractivity contribution in [2.24, 2.45) is 0 Å². The Labute approximate surface area is 195 Å². The molecule has 0 saturated carbocycles. The van der Waals surface area contributed by atoms with Crippen LogP contribution in [0.2, 0.25) is 0 Å². The Balaban J connectivity index is 1.81. The second-order valence-corrected chi connectivity index (χ2v) is 10.9. The number of benzene rings is 1. The van der Waals surface area contributed by atoms with Gasteiger partial charge < -0.3 is 14.0 Å². The number of carbonyl (C=O) groups excluding carboxylic acids is 1. The van der Waals surface area contributed by atoms with Crippen LogP contribution < -0.4 is 4.72 Å². The van der Waals surface area contributed by atoms with Gasteiger partial charge in [0.25, 0.3) is 0 Å². The van der Waals surface area contributed by atoms with Gasteiger partial charge in [-0.3, -0.25) is 13.5 Å². The Kier molecular flexibility index (Phi) is 6.84. The van der Waals surface area contributed by atoms with Crippen LogP contribution in [0.15, 0.2) is 52.2 Å². The fourth-order valence-electron chi connectivity index (χ4n) is 3.28. The summed E-state index contributed by atoms with van der Waals surface area (Å²) in [6.45, 7) is 2.33. The molecule has 0 aliphatic carbocycles. The van der Waals surface area contributed by atoms with Crippen molar-refractivity contribution >= 4 is 56.0 Å². The molecule has 4 aromatic rings. The maximum atomic E-state index is 12.1. The number of esters is 1. The minimum absolute atomic E-state index is 0.256. The molecule has 170 valence electrons. The van der Waals surface area contributed by atoms with Crippen molar-refractivity contribution in [2.45, 2.75) is 17.9 Å². The van der Waals surface area contributed by atoms with E-state index in [-0.39, 0.29) is 6.73 Å². The van der Waals surface area contributed by atoms with Crippen LogP contribution >= 0.6 is 33.4 Å². The van der Waals surface area contributed by atoms with Crippen LogP contribution in [0.3, 0.4) is 0 Å². The topological polar surface area (TPSA) is 94.8 Å². The zero-order chi connectivity index (χ0) is 22.7. The van der Waals surface area contributed by atoms with Gasteiger partial charge in [0.2, 0.25) is 0 Å². The third-order valence-corrected chi connectivity index (χ3v) is 8.93. The molecule has 8 nitrogen and oxygen atoms in total. The first-order valence-electron chi connectivity index (χ1n) is 9.68. The Bertz CT molecular complexity index is 1220. The first-order valence-corrected chi connectivity index (χ1v) is 12.9. The predicted molar refractivity (Wildman–Crippen MR) is 129 cm³/mol. The molecular weight excluding hydrogens is 470 g/mol. The number of anilines is 1. The molecule has 11 heteroatoms. The third kappa shape index (κ3) is 4.27. The number of hydrogen-bond acceptors (Lipinski definition) is 9. The number of carbonyl (C=O) groups is 1. The summed E-state index contributed by atoms with van der Waals surface area (Å²) in [5.41, 5.74) is 2.32. The maximum absolute atomic E-state index is 12.1. The van der Waals surface area contributed by atoms with Gasteiger partial charge in [0, 0.05) is 12.5 Å². The lowest BCUT2D eigenvalue weighted by Crippen LogP contribution is -2.12. The lowest BCUT2D eigenvalue weighted by Gasteiger charge is -2.36. The van der Waals surface area contributed by atoms with E-state index in [1.54, 1.807) is 14.0 Å². The van der Waals surface area contributed by atoms with Crippen LogP contribution in [0.4, 0.5) is 5.69 Å². The molecule has 0 aliphatic rings. The second kappa shape index (κ2) is 9.61. The molecule has 0 radical (unpaired) electrons. The van der Waals surface area contributed by atoms with Gasteiger partial charge >= 0.3 is 5.97 Å². The molecule has 0 amide bonds. The van der Waals surface area contributed by atoms with Crippen LogP contribution in [0.1, 0.15) is 16.6 Å². The number of thiophene rings is 1. The number of hydrogen-bond donors (Lipinski definition) is 2. The molecule has 3 aromatic heterocycles. The lowest BCUT2D eigenvalue weighted by molar-refractivity contribution is 0.0532. The fraction of sp³-hybridized carbons (Fsp3) is 0.238. The fourth-order valence-corrected chi connectivity index (χ4v) is 6.66. The van der Waals surface area contributed by atoms with Gasteiger partial charge in [-0.05, 0) is 36.6 Å². The molecule has 1 atom stereocenters. The Morgan fingerprint density at radius 1 is 1.28 bits per heavy atom. The molecule has 0 aliphatic heterocycles. The molecule has 0 spiro atoms. The SMILES string of the molecule is CCOC(=O)c1cnc(-c2cc3cccc(NS(O)(OC)c4cccs4)c3n2COC)s1. The van der Waals surface area contributed by atoms with E-state index >= 15 is 0 Å². The number of aromatic nitrogens is 2. The largest absolute Gasteiger partial charge is 0.462 e. The molecule has 2 N–H and O–H groups in total. The van der Waals surface area contributed by atoms with E-state index in [1.165, 1.54) is 36.0 Å². The van der Waals surface area contributed by atoms with E-state index in [0.29, 0.717) is 26.4 Å². The highest BCUT2D eigenvalue weighted by atomic mass is 32.3. The Hall–Kier alpha value is -2.41. The number of nitrogens with zero attached hydrogens (tertiary/aromatic N) is 2. The third-order valence-electron chi connectivity index (χ3n) is 4.64. The maximum Gasteiger partial charge on any atom is 0.349 e. The number of nitrogens with one attached hydrogen (secondary N) is 1. The van der Waals surface area contributed by atoms with Gasteiger partial charge in [-0.1, -0.05) is 22.9 Å². The smallest absolute Gasteiger partial charge is 0.349 e. The summed E-state index contributed by atoms with van der Waals surface area (Å²) in [5.74, 6) is -0.391. The summed E-state index contributed by atoms with van der Waals surface area (Å²) in [4.78, 5) is 17.0. The standard InChI is InChI=1S/C21H23N3O5S3/c1-4-29-21(25)17-12-22-20(31-17)16-11-14-7-5-8-15(19(14)24(16)13-27-2)23-32(26,28-3)18-9-6-10-30-18/h5-12,23,26H,4,13H2,1-3H3. The van der Waals surface area contributed by atoms with Gasteiger partial charge in [-0.2, -0.15) is 0 Å². The summed E-state index contributed by atoms with van der Waals surface area (Å²) in [6, 6.07) is 11.5. The van der Waals surface area contributed by atoms with Gasteiger partial charge in [0.15, 0.2) is 0 Å². The average Bonchev–Trinajstić information content (AvgIpc) is 3.54. The normalized spacial score (nSPS) is 14.2. The number of methoxy groups -OCH3 is 1. The average molecular weight is 494 g/mol. The minimum Gasteiger partial charge on any atom is -0.462 e.